The highest BCUT2D eigenvalue weighted by atomic mass is 32.1. The Labute approximate surface area is 190 Å². The Hall–Kier alpha value is -3.30. The van der Waals surface area contributed by atoms with E-state index in [-0.39, 0.29) is 18.7 Å². The maximum absolute atomic E-state index is 12.8. The van der Waals surface area contributed by atoms with E-state index in [1.165, 1.54) is 0 Å². The van der Waals surface area contributed by atoms with Crippen LogP contribution in [0, 0.1) is 0 Å². The normalized spacial score (nSPS) is 12.4. The van der Waals surface area contributed by atoms with E-state index in [4.69, 9.17) is 26.4 Å². The van der Waals surface area contributed by atoms with E-state index in [1.807, 2.05) is 41.3 Å². The van der Waals surface area contributed by atoms with Crippen molar-refractivity contribution in [2.75, 3.05) is 38.8 Å². The number of hydrogen-bond acceptors (Lipinski definition) is 6. The number of anilines is 1. The van der Waals surface area contributed by atoms with Crippen LogP contribution in [-0.2, 0) is 6.54 Å². The Morgan fingerprint density at radius 1 is 1.22 bits per heavy atom. The lowest BCUT2D eigenvalue weighted by atomic mass is 10.1. The zero-order valence-electron chi connectivity index (χ0n) is 17.7. The van der Waals surface area contributed by atoms with Crippen molar-refractivity contribution in [2.45, 2.75) is 13.0 Å². The van der Waals surface area contributed by atoms with Gasteiger partial charge in [0, 0.05) is 30.2 Å². The molecule has 2 aromatic carbocycles. The summed E-state index contributed by atoms with van der Waals surface area (Å²) >= 11 is 5.63. The van der Waals surface area contributed by atoms with E-state index in [2.05, 4.69) is 10.3 Å². The summed E-state index contributed by atoms with van der Waals surface area (Å²) in [6, 6.07) is 12.9. The van der Waals surface area contributed by atoms with Gasteiger partial charge in [0.1, 0.15) is 19.0 Å². The van der Waals surface area contributed by atoms with Gasteiger partial charge in [-0.2, -0.15) is 0 Å². The first-order valence-corrected chi connectivity index (χ1v) is 10.7. The van der Waals surface area contributed by atoms with Gasteiger partial charge in [-0.15, -0.1) is 0 Å². The van der Waals surface area contributed by atoms with Crippen molar-refractivity contribution in [1.29, 1.82) is 0 Å². The van der Waals surface area contributed by atoms with Crippen LogP contribution < -0.4 is 25.1 Å². The molecule has 0 atom stereocenters. The monoisotopic (exact) mass is 455 g/mol. The first-order chi connectivity index (χ1) is 15.6. The van der Waals surface area contributed by atoms with E-state index in [0.29, 0.717) is 59.6 Å². The number of rotatable bonds is 7. The number of methoxy groups -OCH3 is 1. The molecule has 168 valence electrons. The lowest BCUT2D eigenvalue weighted by Gasteiger charge is -2.26. The van der Waals surface area contributed by atoms with Gasteiger partial charge < -0.3 is 34.5 Å². The molecule has 4 rings (SSSR count). The van der Waals surface area contributed by atoms with Crippen molar-refractivity contribution in [3.63, 3.8) is 0 Å². The predicted octanol–water partition coefficient (Wildman–Crippen LogP) is 2.89. The smallest absolute Gasteiger partial charge is 0.253 e. The number of nitrogens with one attached hydrogen (secondary N) is 2. The van der Waals surface area contributed by atoms with Gasteiger partial charge in [0.2, 0.25) is 0 Å². The third kappa shape index (κ3) is 4.79. The summed E-state index contributed by atoms with van der Waals surface area (Å²) in [5.74, 6) is 1.94. The minimum atomic E-state index is -0.205. The summed E-state index contributed by atoms with van der Waals surface area (Å²) in [5.41, 5.74) is 1.75. The van der Waals surface area contributed by atoms with Crippen LogP contribution in [0.15, 0.2) is 47.3 Å². The van der Waals surface area contributed by atoms with Crippen LogP contribution in [0.4, 0.5) is 5.69 Å². The number of aliphatic hydroxyl groups excluding tert-OH is 1. The molecule has 0 radical (unpaired) electrons. The molecule has 2 heterocycles. The number of aromatic nitrogens is 1. The number of fused-ring (bicyclic) bond motifs is 2. The van der Waals surface area contributed by atoms with Crippen molar-refractivity contribution in [2.24, 2.45) is 0 Å². The van der Waals surface area contributed by atoms with E-state index < -0.39 is 0 Å². The van der Waals surface area contributed by atoms with Crippen LogP contribution in [0.25, 0.3) is 10.9 Å². The fourth-order valence-electron chi connectivity index (χ4n) is 3.57. The Morgan fingerprint density at radius 3 is 2.72 bits per heavy atom. The average Bonchev–Trinajstić information content (AvgIpc) is 2.81. The van der Waals surface area contributed by atoms with Crippen LogP contribution in [0.1, 0.15) is 12.0 Å². The molecule has 1 aliphatic heterocycles. The van der Waals surface area contributed by atoms with Crippen molar-refractivity contribution in [1.82, 2.24) is 9.88 Å². The number of benzene rings is 2. The van der Waals surface area contributed by atoms with Crippen LogP contribution in [0.3, 0.4) is 0 Å². The quantitative estimate of drug-likeness (QED) is 0.468. The van der Waals surface area contributed by atoms with Crippen LogP contribution in [-0.4, -0.2) is 53.6 Å². The molecule has 9 heteroatoms. The molecule has 0 amide bonds. The maximum Gasteiger partial charge on any atom is 0.253 e. The summed E-state index contributed by atoms with van der Waals surface area (Å²) < 4.78 is 16.6. The Morgan fingerprint density at radius 2 is 1.97 bits per heavy atom. The summed E-state index contributed by atoms with van der Waals surface area (Å²) in [6.45, 7) is 1.76. The van der Waals surface area contributed by atoms with Crippen molar-refractivity contribution in [3.05, 3.63) is 58.4 Å². The minimum absolute atomic E-state index is 0.0192. The number of pyridine rings is 1. The molecule has 0 spiro atoms. The van der Waals surface area contributed by atoms with Crippen LogP contribution >= 0.6 is 12.2 Å². The van der Waals surface area contributed by atoms with E-state index in [1.54, 1.807) is 13.2 Å². The molecule has 0 aliphatic carbocycles. The number of thiocarbonyl (C=S) groups is 1. The lowest BCUT2D eigenvalue weighted by Crippen LogP contribution is -2.37. The molecule has 1 aromatic heterocycles. The molecule has 32 heavy (non-hydrogen) atoms. The van der Waals surface area contributed by atoms with Gasteiger partial charge in [0.15, 0.2) is 16.6 Å². The average molecular weight is 456 g/mol. The Bertz CT molecular complexity index is 1180. The topological polar surface area (TPSA) is 96.1 Å². The van der Waals surface area contributed by atoms with Gasteiger partial charge in [0.05, 0.1) is 24.9 Å². The highest BCUT2D eigenvalue weighted by Crippen LogP contribution is 2.33. The molecule has 0 saturated heterocycles. The largest absolute Gasteiger partial charge is 0.495 e. The fourth-order valence-corrected chi connectivity index (χ4v) is 3.83. The van der Waals surface area contributed by atoms with Crippen LogP contribution in [0.2, 0.25) is 0 Å². The molecule has 0 bridgehead atoms. The second-order valence-electron chi connectivity index (χ2n) is 7.34. The van der Waals surface area contributed by atoms with E-state index in [9.17, 15) is 9.90 Å². The third-order valence-electron chi connectivity index (χ3n) is 5.17. The van der Waals surface area contributed by atoms with Gasteiger partial charge in [0.25, 0.3) is 5.56 Å². The zero-order chi connectivity index (χ0) is 22.5. The van der Waals surface area contributed by atoms with Gasteiger partial charge in [-0.25, -0.2) is 0 Å². The molecular weight excluding hydrogens is 430 g/mol. The summed E-state index contributed by atoms with van der Waals surface area (Å²) in [6.07, 6.45) is 0.512. The van der Waals surface area contributed by atoms with Crippen molar-refractivity contribution < 1.29 is 19.3 Å². The van der Waals surface area contributed by atoms with Gasteiger partial charge in [-0.1, -0.05) is 12.1 Å². The number of aromatic amines is 1. The number of nitrogens with zero attached hydrogens (tertiary/aromatic N) is 1. The first kappa shape index (κ1) is 21.9. The second kappa shape index (κ2) is 9.88. The molecular formula is C23H25N3O5S. The molecule has 3 N–H and O–H groups in total. The molecule has 8 nitrogen and oxygen atoms in total. The highest BCUT2D eigenvalue weighted by molar-refractivity contribution is 7.80. The lowest BCUT2D eigenvalue weighted by molar-refractivity contribution is 0.172. The summed E-state index contributed by atoms with van der Waals surface area (Å²) in [7, 11) is 1.59. The van der Waals surface area contributed by atoms with Gasteiger partial charge >= 0.3 is 0 Å². The summed E-state index contributed by atoms with van der Waals surface area (Å²) in [4.78, 5) is 17.6. The van der Waals surface area contributed by atoms with Crippen molar-refractivity contribution in [3.8, 4) is 17.2 Å². The maximum atomic E-state index is 12.8. The molecule has 1 aliphatic rings. The predicted molar refractivity (Wildman–Crippen MR) is 127 cm³/mol. The fraction of sp³-hybridized carbons (Fsp3) is 0.304. The molecule has 0 saturated carbocycles. The second-order valence-corrected chi connectivity index (χ2v) is 7.72. The highest BCUT2D eigenvalue weighted by Gasteiger charge is 2.17. The zero-order valence-corrected chi connectivity index (χ0v) is 18.5. The third-order valence-corrected chi connectivity index (χ3v) is 5.53. The number of H-pyrrole nitrogens is 1. The summed E-state index contributed by atoms with van der Waals surface area (Å²) in [5, 5.41) is 13.8. The number of hydrogen-bond donors (Lipinski definition) is 3. The molecule has 0 fully saturated rings. The Kier molecular flexibility index (Phi) is 6.77. The number of aliphatic hydroxyl groups is 1. The van der Waals surface area contributed by atoms with Gasteiger partial charge in [-0.05, 0) is 42.9 Å². The van der Waals surface area contributed by atoms with Gasteiger partial charge in [-0.3, -0.25) is 4.79 Å². The number of para-hydroxylation sites is 2. The van der Waals surface area contributed by atoms with Crippen molar-refractivity contribution >= 4 is 33.9 Å². The first-order valence-electron chi connectivity index (χ1n) is 10.3. The molecule has 0 unspecified atom stereocenters. The minimum Gasteiger partial charge on any atom is -0.495 e. The van der Waals surface area contributed by atoms with E-state index >= 15 is 0 Å². The molecule has 3 aromatic rings. The van der Waals surface area contributed by atoms with E-state index in [0.717, 1.165) is 11.1 Å². The standard InChI is InChI=1S/C23H25N3O5S/c1-29-19-6-3-2-5-17(19)25-23(32)26(7-4-8-27)14-16-11-15-12-20-21(31-10-9-30-20)13-18(15)24-22(16)28/h2-3,5-6,11-13,27H,4,7-10,14H2,1H3,(H,24,28)(H,25,32). The number of ether oxygens (including phenoxy) is 3. The SMILES string of the molecule is COc1ccccc1NC(=S)N(CCCO)Cc1cc2cc3c(cc2[nH]c1=O)OCCO3. The van der Waals surface area contributed by atoms with Crippen LogP contribution in [0.5, 0.6) is 17.2 Å². The Balaban J connectivity index is 1.60.